The van der Waals surface area contributed by atoms with Crippen LogP contribution in [-0.2, 0) is 6.18 Å². The third-order valence-corrected chi connectivity index (χ3v) is 2.66. The first-order valence-electron chi connectivity index (χ1n) is 7.35. The van der Waals surface area contributed by atoms with Crippen LogP contribution in [0.15, 0.2) is 17.3 Å². The molecule has 0 unspecified atom stereocenters. The lowest BCUT2D eigenvalue weighted by atomic mass is 10.4. The summed E-state index contributed by atoms with van der Waals surface area (Å²) in [6.45, 7) is 2.10. The van der Waals surface area contributed by atoms with Gasteiger partial charge in [0.1, 0.15) is 5.69 Å². The lowest BCUT2D eigenvalue weighted by Crippen LogP contribution is -2.39. The number of anilines is 1. The monoisotopic (exact) mass is 372 g/mol. The van der Waals surface area contributed by atoms with Gasteiger partial charge in [-0.2, -0.15) is 26.3 Å². The van der Waals surface area contributed by atoms with Gasteiger partial charge in [0.15, 0.2) is 5.96 Å². The third kappa shape index (κ3) is 8.96. The van der Waals surface area contributed by atoms with E-state index in [9.17, 15) is 26.3 Å². The van der Waals surface area contributed by atoms with Gasteiger partial charge < -0.3 is 16.0 Å². The number of nitrogens with one attached hydrogen (secondary N) is 3. The number of hydrogen-bond acceptors (Lipinski definition) is 4. The Bertz CT molecular complexity index is 557. The molecule has 1 heterocycles. The van der Waals surface area contributed by atoms with E-state index in [0.717, 1.165) is 12.3 Å². The van der Waals surface area contributed by atoms with Crippen molar-refractivity contribution in [3.8, 4) is 0 Å². The number of aliphatic imine (C=N–C) groups is 1. The maximum atomic E-state index is 12.5. The summed E-state index contributed by atoms with van der Waals surface area (Å²) < 4.78 is 73.8. The van der Waals surface area contributed by atoms with Crippen LogP contribution in [-0.4, -0.2) is 48.3 Å². The highest BCUT2D eigenvalue weighted by molar-refractivity contribution is 5.79. The van der Waals surface area contributed by atoms with Gasteiger partial charge in [-0.15, -0.1) is 0 Å². The maximum Gasteiger partial charge on any atom is 0.433 e. The molecule has 142 valence electrons. The zero-order valence-electron chi connectivity index (χ0n) is 13.3. The van der Waals surface area contributed by atoms with Crippen LogP contribution in [0, 0.1) is 0 Å². The van der Waals surface area contributed by atoms with Crippen molar-refractivity contribution in [1.29, 1.82) is 0 Å². The summed E-state index contributed by atoms with van der Waals surface area (Å²) in [4.78, 5) is 10.7. The summed E-state index contributed by atoms with van der Waals surface area (Å²) in [5.41, 5.74) is -1.07. The van der Waals surface area contributed by atoms with E-state index in [1.54, 1.807) is 6.92 Å². The Balaban J connectivity index is 2.45. The zero-order valence-corrected chi connectivity index (χ0v) is 13.3. The third-order valence-electron chi connectivity index (χ3n) is 2.66. The second-order valence-corrected chi connectivity index (χ2v) is 4.74. The van der Waals surface area contributed by atoms with Crippen LogP contribution in [0.3, 0.4) is 0 Å². The minimum absolute atomic E-state index is 0.144. The fraction of sp³-hybridized carbons (Fsp3) is 0.615. The lowest BCUT2D eigenvalue weighted by Gasteiger charge is -2.12. The van der Waals surface area contributed by atoms with Gasteiger partial charge in [-0.05, 0) is 13.0 Å². The molecule has 0 bridgehead atoms. The second kappa shape index (κ2) is 9.28. The molecule has 0 saturated heterocycles. The lowest BCUT2D eigenvalue weighted by molar-refractivity contribution is -0.141. The topological polar surface area (TPSA) is 74.2 Å². The van der Waals surface area contributed by atoms with Crippen molar-refractivity contribution in [2.75, 3.05) is 31.5 Å². The average Bonchev–Trinajstić information content (AvgIpc) is 2.49. The Labute approximate surface area is 140 Å². The summed E-state index contributed by atoms with van der Waals surface area (Å²) in [6.07, 6.45) is -8.92. The van der Waals surface area contributed by atoms with Crippen molar-refractivity contribution in [2.45, 2.75) is 25.7 Å². The van der Waals surface area contributed by atoms with E-state index < -0.39 is 31.0 Å². The smallest absolute Gasteiger partial charge is 0.357 e. The van der Waals surface area contributed by atoms with Gasteiger partial charge in [-0.25, -0.2) is 9.97 Å². The molecule has 0 fully saturated rings. The van der Waals surface area contributed by atoms with E-state index in [0.29, 0.717) is 6.54 Å². The Hall–Kier alpha value is -2.27. The van der Waals surface area contributed by atoms with Crippen LogP contribution in [0.5, 0.6) is 0 Å². The molecule has 6 nitrogen and oxygen atoms in total. The van der Waals surface area contributed by atoms with Gasteiger partial charge in [0, 0.05) is 25.8 Å². The molecule has 0 radical (unpaired) electrons. The van der Waals surface area contributed by atoms with Gasteiger partial charge >= 0.3 is 12.4 Å². The van der Waals surface area contributed by atoms with Crippen molar-refractivity contribution in [3.05, 3.63) is 18.0 Å². The first kappa shape index (κ1) is 20.8. The van der Waals surface area contributed by atoms with E-state index in [1.807, 2.05) is 0 Å². The number of alkyl halides is 6. The van der Waals surface area contributed by atoms with Gasteiger partial charge in [0.05, 0.1) is 13.0 Å². The van der Waals surface area contributed by atoms with E-state index in [4.69, 9.17) is 0 Å². The Kier molecular flexibility index (Phi) is 7.71. The summed E-state index contributed by atoms with van der Waals surface area (Å²) in [5.74, 6) is -0.0193. The van der Waals surface area contributed by atoms with Gasteiger partial charge in [0.2, 0.25) is 5.95 Å². The number of rotatable bonds is 7. The molecule has 1 rings (SSSR count). The summed E-state index contributed by atoms with van der Waals surface area (Å²) in [5, 5.41) is 8.10. The van der Waals surface area contributed by atoms with Crippen molar-refractivity contribution >= 4 is 11.9 Å². The second-order valence-electron chi connectivity index (χ2n) is 4.74. The van der Waals surface area contributed by atoms with Crippen LogP contribution in [0.1, 0.15) is 19.0 Å². The average molecular weight is 372 g/mol. The number of nitrogens with zero attached hydrogens (tertiary/aromatic N) is 3. The molecule has 1 aromatic rings. The predicted molar refractivity (Wildman–Crippen MR) is 80.2 cm³/mol. The highest BCUT2D eigenvalue weighted by atomic mass is 19.4. The Morgan fingerprint density at radius 2 is 1.84 bits per heavy atom. The molecular weight excluding hydrogens is 354 g/mol. The van der Waals surface area contributed by atoms with Crippen LogP contribution in [0.25, 0.3) is 0 Å². The fourth-order valence-electron chi connectivity index (χ4n) is 1.59. The van der Waals surface area contributed by atoms with Crippen molar-refractivity contribution in [2.24, 2.45) is 4.99 Å². The molecule has 0 aliphatic heterocycles. The van der Waals surface area contributed by atoms with E-state index in [2.05, 4.69) is 30.9 Å². The molecular formula is C13H18F6N6. The van der Waals surface area contributed by atoms with Crippen LogP contribution >= 0.6 is 0 Å². The minimum atomic E-state index is -4.57. The number of halogens is 6. The number of guanidine groups is 1. The van der Waals surface area contributed by atoms with Gasteiger partial charge in [0.25, 0.3) is 0 Å². The van der Waals surface area contributed by atoms with Crippen LogP contribution < -0.4 is 16.0 Å². The number of hydrogen-bond donors (Lipinski definition) is 3. The quantitative estimate of drug-likeness (QED) is 0.297. The summed E-state index contributed by atoms with van der Waals surface area (Å²) in [6, 6.07) is 0.750. The van der Waals surface area contributed by atoms with E-state index >= 15 is 0 Å². The minimum Gasteiger partial charge on any atom is -0.357 e. The molecule has 0 spiro atoms. The first-order valence-corrected chi connectivity index (χ1v) is 7.35. The molecule has 0 saturated carbocycles. The zero-order chi connectivity index (χ0) is 18.9. The normalized spacial score (nSPS) is 12.8. The molecule has 0 amide bonds. The van der Waals surface area contributed by atoms with Crippen LogP contribution in [0.4, 0.5) is 32.3 Å². The van der Waals surface area contributed by atoms with Gasteiger partial charge in [-0.3, -0.25) is 4.99 Å². The highest BCUT2D eigenvalue weighted by Gasteiger charge is 2.32. The van der Waals surface area contributed by atoms with Crippen LogP contribution in [0.2, 0.25) is 0 Å². The molecule has 3 N–H and O–H groups in total. The molecule has 12 heteroatoms. The molecule has 1 aromatic heterocycles. The largest absolute Gasteiger partial charge is 0.433 e. The molecule has 25 heavy (non-hydrogen) atoms. The molecule has 0 atom stereocenters. The maximum absolute atomic E-state index is 12.5. The SMILES string of the molecule is CCNC(=NCCC(F)(F)F)NCCNc1nccc(C(F)(F)F)n1. The van der Waals surface area contributed by atoms with E-state index in [-0.39, 0.29) is 25.0 Å². The summed E-state index contributed by atoms with van der Waals surface area (Å²) in [7, 11) is 0. The Morgan fingerprint density at radius 3 is 2.44 bits per heavy atom. The van der Waals surface area contributed by atoms with Gasteiger partial charge in [-0.1, -0.05) is 0 Å². The molecule has 0 aliphatic carbocycles. The Morgan fingerprint density at radius 1 is 1.12 bits per heavy atom. The van der Waals surface area contributed by atoms with Crippen molar-refractivity contribution in [1.82, 2.24) is 20.6 Å². The van der Waals surface area contributed by atoms with Crippen molar-refractivity contribution < 1.29 is 26.3 Å². The first-order chi connectivity index (χ1) is 11.6. The fourth-order valence-corrected chi connectivity index (χ4v) is 1.59. The summed E-state index contributed by atoms with van der Waals surface area (Å²) >= 11 is 0. The highest BCUT2D eigenvalue weighted by Crippen LogP contribution is 2.27. The predicted octanol–water partition coefficient (Wildman–Crippen LogP) is 2.41. The molecule has 0 aliphatic rings. The number of aromatic nitrogens is 2. The van der Waals surface area contributed by atoms with Crippen molar-refractivity contribution in [3.63, 3.8) is 0 Å². The van der Waals surface area contributed by atoms with E-state index in [1.165, 1.54) is 0 Å². The standard InChI is InChI=1S/C13H18F6N6/c1-2-20-10(22-6-4-12(14,15)16)23-7-8-24-11-21-5-3-9(25-11)13(17,18)19/h3,5H,2,4,6-8H2,1H3,(H2,20,22,23)(H,21,24,25). The molecule has 0 aromatic carbocycles.